The third kappa shape index (κ3) is 4.13. The molecule has 0 atom stereocenters. The predicted octanol–water partition coefficient (Wildman–Crippen LogP) is 3.16. The summed E-state index contributed by atoms with van der Waals surface area (Å²) in [5.41, 5.74) is 1.84. The summed E-state index contributed by atoms with van der Waals surface area (Å²) in [6.07, 6.45) is 1.97. The highest BCUT2D eigenvalue weighted by Gasteiger charge is 2.32. The Morgan fingerprint density at radius 3 is 2.57 bits per heavy atom. The molecule has 158 valence electrons. The second kappa shape index (κ2) is 8.62. The van der Waals surface area contributed by atoms with Crippen LogP contribution in [0.5, 0.6) is 0 Å². The molecule has 2 amide bonds. The molecule has 4 rings (SSSR count). The van der Waals surface area contributed by atoms with Gasteiger partial charge in [-0.15, -0.1) is 0 Å². The Hall–Kier alpha value is -2.64. The van der Waals surface area contributed by atoms with Crippen molar-refractivity contribution in [1.82, 2.24) is 9.80 Å². The first-order chi connectivity index (χ1) is 14.4. The van der Waals surface area contributed by atoms with Gasteiger partial charge in [0.05, 0.1) is 22.8 Å². The quantitative estimate of drug-likeness (QED) is 0.807. The van der Waals surface area contributed by atoms with E-state index in [0.717, 1.165) is 6.42 Å². The number of halogens is 1. The van der Waals surface area contributed by atoms with Crippen molar-refractivity contribution >= 4 is 34.9 Å². The van der Waals surface area contributed by atoms with Crippen molar-refractivity contribution in [1.29, 1.82) is 0 Å². The van der Waals surface area contributed by atoms with Gasteiger partial charge in [0, 0.05) is 44.6 Å². The standard InChI is InChI=1S/C22H24ClN3O4/c1-14-20-17(27)7-4-8-18(20)30-21(14)22(29)26-11-9-25(10-12-26)13-19(28)24-16-6-3-2-5-15(16)23/h2-3,5-6H,4,7-13H2,1H3,(H,24,28). The average molecular weight is 430 g/mol. The minimum atomic E-state index is -0.185. The van der Waals surface area contributed by atoms with Gasteiger partial charge in [0.15, 0.2) is 11.5 Å². The number of carbonyl (C=O) groups excluding carboxylic acids is 3. The molecule has 0 spiro atoms. The van der Waals surface area contributed by atoms with E-state index >= 15 is 0 Å². The van der Waals surface area contributed by atoms with Crippen molar-refractivity contribution in [2.75, 3.05) is 38.0 Å². The lowest BCUT2D eigenvalue weighted by Gasteiger charge is -2.34. The molecule has 2 aromatic rings. The van der Waals surface area contributed by atoms with Gasteiger partial charge in [-0.1, -0.05) is 23.7 Å². The molecule has 1 fully saturated rings. The minimum Gasteiger partial charge on any atom is -0.455 e. The Labute approximate surface area is 180 Å². The third-order valence-electron chi connectivity index (χ3n) is 5.68. The first kappa shape index (κ1) is 20.6. The van der Waals surface area contributed by atoms with Gasteiger partial charge in [0.2, 0.25) is 5.91 Å². The number of piperazine rings is 1. The van der Waals surface area contributed by atoms with Crippen molar-refractivity contribution in [3.05, 3.63) is 51.9 Å². The highest BCUT2D eigenvalue weighted by Crippen LogP contribution is 2.30. The number of hydrogen-bond donors (Lipinski definition) is 1. The number of nitrogens with one attached hydrogen (secondary N) is 1. The Bertz CT molecular complexity index is 992. The maximum Gasteiger partial charge on any atom is 0.289 e. The lowest BCUT2D eigenvalue weighted by Crippen LogP contribution is -2.50. The molecule has 2 heterocycles. The lowest BCUT2D eigenvalue weighted by atomic mass is 9.94. The Kier molecular flexibility index (Phi) is 5.92. The molecule has 1 aromatic heterocycles. The molecular weight excluding hydrogens is 406 g/mol. The number of nitrogens with zero attached hydrogens (tertiary/aromatic N) is 2. The fourth-order valence-electron chi connectivity index (χ4n) is 4.06. The van der Waals surface area contributed by atoms with E-state index in [-0.39, 0.29) is 29.9 Å². The fourth-order valence-corrected chi connectivity index (χ4v) is 4.24. The van der Waals surface area contributed by atoms with Crippen molar-refractivity contribution in [3.63, 3.8) is 0 Å². The molecule has 2 aliphatic rings. The molecule has 1 aromatic carbocycles. The van der Waals surface area contributed by atoms with Gasteiger partial charge in [-0.2, -0.15) is 0 Å². The van der Waals surface area contributed by atoms with Crippen LogP contribution in [0.15, 0.2) is 28.7 Å². The number of Topliss-reactive ketones (excluding diaryl/α,β-unsaturated/α-hetero) is 1. The number of hydrogen-bond acceptors (Lipinski definition) is 5. The van der Waals surface area contributed by atoms with Gasteiger partial charge < -0.3 is 14.6 Å². The lowest BCUT2D eigenvalue weighted by molar-refractivity contribution is -0.117. The van der Waals surface area contributed by atoms with Crippen LogP contribution in [0.3, 0.4) is 0 Å². The first-order valence-electron chi connectivity index (χ1n) is 10.2. The van der Waals surface area contributed by atoms with Crippen molar-refractivity contribution < 1.29 is 18.8 Å². The second-order valence-corrected chi connectivity index (χ2v) is 8.13. The van der Waals surface area contributed by atoms with Gasteiger partial charge >= 0.3 is 0 Å². The van der Waals surface area contributed by atoms with Crippen LogP contribution < -0.4 is 5.32 Å². The van der Waals surface area contributed by atoms with E-state index in [9.17, 15) is 14.4 Å². The molecule has 0 bridgehead atoms. The summed E-state index contributed by atoms with van der Waals surface area (Å²) in [6.45, 7) is 4.18. The number of benzene rings is 1. The fraction of sp³-hybridized carbons (Fsp3) is 0.409. The maximum atomic E-state index is 13.0. The average Bonchev–Trinajstić information content (AvgIpc) is 3.07. The number of anilines is 1. The van der Waals surface area contributed by atoms with Crippen LogP contribution >= 0.6 is 11.6 Å². The third-order valence-corrected chi connectivity index (χ3v) is 6.00. The van der Waals surface area contributed by atoms with Crippen LogP contribution in [0.2, 0.25) is 5.02 Å². The number of para-hydroxylation sites is 1. The van der Waals surface area contributed by atoms with Crippen LogP contribution in [-0.4, -0.2) is 60.1 Å². The number of fused-ring (bicyclic) bond motifs is 1. The summed E-state index contributed by atoms with van der Waals surface area (Å²) in [6, 6.07) is 7.10. The molecule has 1 aliphatic heterocycles. The minimum absolute atomic E-state index is 0.0610. The zero-order valence-corrected chi connectivity index (χ0v) is 17.6. The normalized spacial score (nSPS) is 17.0. The van der Waals surface area contributed by atoms with Gasteiger partial charge in [-0.3, -0.25) is 19.3 Å². The molecule has 0 radical (unpaired) electrons. The highest BCUT2D eigenvalue weighted by atomic mass is 35.5. The summed E-state index contributed by atoms with van der Waals surface area (Å²) < 4.78 is 5.79. The summed E-state index contributed by atoms with van der Waals surface area (Å²) in [4.78, 5) is 41.2. The second-order valence-electron chi connectivity index (χ2n) is 7.73. The van der Waals surface area contributed by atoms with Crippen molar-refractivity contribution in [2.45, 2.75) is 26.2 Å². The van der Waals surface area contributed by atoms with Crippen molar-refractivity contribution in [2.24, 2.45) is 0 Å². The molecule has 0 unspecified atom stereocenters. The van der Waals surface area contributed by atoms with Crippen LogP contribution in [0.4, 0.5) is 5.69 Å². The van der Waals surface area contributed by atoms with E-state index in [2.05, 4.69) is 5.32 Å². The molecular formula is C22H24ClN3O4. The number of ketones is 1. The van der Waals surface area contributed by atoms with E-state index in [0.29, 0.717) is 66.6 Å². The number of furan rings is 1. The predicted molar refractivity (Wildman–Crippen MR) is 113 cm³/mol. The van der Waals surface area contributed by atoms with E-state index in [4.69, 9.17) is 16.0 Å². The monoisotopic (exact) mass is 429 g/mol. The van der Waals surface area contributed by atoms with Gasteiger partial charge in [0.25, 0.3) is 5.91 Å². The molecule has 8 heteroatoms. The topological polar surface area (TPSA) is 82.9 Å². The van der Waals surface area contributed by atoms with Crippen LogP contribution in [0.25, 0.3) is 0 Å². The van der Waals surface area contributed by atoms with E-state index in [1.165, 1.54) is 0 Å². The summed E-state index contributed by atoms with van der Waals surface area (Å²) in [5.74, 6) is 0.652. The SMILES string of the molecule is Cc1c(C(=O)N2CCN(CC(=O)Nc3ccccc3Cl)CC2)oc2c1C(=O)CCC2. The molecule has 30 heavy (non-hydrogen) atoms. The number of amides is 2. The molecule has 1 N–H and O–H groups in total. The first-order valence-corrected chi connectivity index (χ1v) is 10.5. The van der Waals surface area contributed by atoms with Crippen LogP contribution in [-0.2, 0) is 11.2 Å². The Balaban J connectivity index is 1.33. The van der Waals surface area contributed by atoms with Gasteiger partial charge in [0.1, 0.15) is 5.76 Å². The summed E-state index contributed by atoms with van der Waals surface area (Å²) >= 11 is 6.08. The van der Waals surface area contributed by atoms with Gasteiger partial charge in [-0.25, -0.2) is 0 Å². The zero-order chi connectivity index (χ0) is 21.3. The van der Waals surface area contributed by atoms with Crippen LogP contribution in [0, 0.1) is 6.92 Å². The zero-order valence-electron chi connectivity index (χ0n) is 16.9. The number of carbonyl (C=O) groups is 3. The van der Waals surface area contributed by atoms with E-state index in [1.807, 2.05) is 11.0 Å². The van der Waals surface area contributed by atoms with Crippen molar-refractivity contribution in [3.8, 4) is 0 Å². The van der Waals surface area contributed by atoms with E-state index < -0.39 is 0 Å². The largest absolute Gasteiger partial charge is 0.455 e. The Morgan fingerprint density at radius 2 is 1.87 bits per heavy atom. The summed E-state index contributed by atoms with van der Waals surface area (Å²) in [5, 5.41) is 3.31. The Morgan fingerprint density at radius 1 is 1.13 bits per heavy atom. The van der Waals surface area contributed by atoms with E-state index in [1.54, 1.807) is 30.0 Å². The maximum absolute atomic E-state index is 13.0. The molecule has 7 nitrogen and oxygen atoms in total. The molecule has 1 aliphatic carbocycles. The van der Waals surface area contributed by atoms with Crippen LogP contribution in [0.1, 0.15) is 45.1 Å². The number of aryl methyl sites for hydroxylation is 1. The number of rotatable bonds is 4. The smallest absolute Gasteiger partial charge is 0.289 e. The van der Waals surface area contributed by atoms with Gasteiger partial charge in [-0.05, 0) is 25.5 Å². The summed E-state index contributed by atoms with van der Waals surface area (Å²) in [7, 11) is 0. The molecule has 1 saturated heterocycles. The molecule has 0 saturated carbocycles. The highest BCUT2D eigenvalue weighted by molar-refractivity contribution is 6.33.